The third-order valence-electron chi connectivity index (χ3n) is 3.57. The summed E-state index contributed by atoms with van der Waals surface area (Å²) in [5, 5.41) is 3.43. The van der Waals surface area contributed by atoms with Gasteiger partial charge in [-0.25, -0.2) is 9.80 Å². The number of hydrazine groups is 1. The number of halogens is 1. The summed E-state index contributed by atoms with van der Waals surface area (Å²) in [5.41, 5.74) is 2.91. The zero-order chi connectivity index (χ0) is 18.0. The SMILES string of the molecule is O=C1CN(NC(=O)c2ccc(=O)n(Cc3ccccc3Cl)c2)C(=O)N1. The fraction of sp³-hybridized carbons (Fsp3) is 0.125. The van der Waals surface area contributed by atoms with Gasteiger partial charge in [0.15, 0.2) is 0 Å². The number of carbonyl (C=O) groups is 3. The molecule has 1 aliphatic rings. The van der Waals surface area contributed by atoms with E-state index in [1.54, 1.807) is 24.3 Å². The third kappa shape index (κ3) is 3.69. The minimum absolute atomic E-state index is 0.166. The standard InChI is InChI=1S/C16H13ClN4O4/c17-12-4-2-1-3-10(12)7-20-8-11(5-6-14(20)23)15(24)19-21-9-13(22)18-16(21)25/h1-6,8H,7,9H2,(H,19,24)(H,18,22,25). The molecule has 2 aromatic rings. The lowest BCUT2D eigenvalue weighted by Crippen LogP contribution is -2.44. The molecule has 4 amide bonds. The van der Waals surface area contributed by atoms with Crippen LogP contribution >= 0.6 is 11.6 Å². The van der Waals surface area contributed by atoms with Crippen LogP contribution in [-0.2, 0) is 11.3 Å². The maximum Gasteiger partial charge on any atom is 0.343 e. The van der Waals surface area contributed by atoms with Crippen molar-refractivity contribution >= 4 is 29.4 Å². The van der Waals surface area contributed by atoms with Crippen molar-refractivity contribution in [3.63, 3.8) is 0 Å². The van der Waals surface area contributed by atoms with Crippen LogP contribution in [-0.4, -0.2) is 34.0 Å². The second-order valence-corrected chi connectivity index (χ2v) is 5.76. The zero-order valence-electron chi connectivity index (χ0n) is 12.9. The molecule has 0 aliphatic carbocycles. The monoisotopic (exact) mass is 360 g/mol. The quantitative estimate of drug-likeness (QED) is 0.785. The van der Waals surface area contributed by atoms with E-state index in [4.69, 9.17) is 11.6 Å². The van der Waals surface area contributed by atoms with Crippen LogP contribution in [0.4, 0.5) is 4.79 Å². The highest BCUT2D eigenvalue weighted by Gasteiger charge is 2.28. The highest BCUT2D eigenvalue weighted by molar-refractivity contribution is 6.31. The average molecular weight is 361 g/mol. The summed E-state index contributed by atoms with van der Waals surface area (Å²) in [6.45, 7) is -0.0633. The molecule has 128 valence electrons. The van der Waals surface area contributed by atoms with Crippen LogP contribution in [0.2, 0.25) is 5.02 Å². The largest absolute Gasteiger partial charge is 0.343 e. The number of rotatable bonds is 4. The molecule has 1 fully saturated rings. The number of carbonyl (C=O) groups excluding carboxylic acids is 3. The lowest BCUT2D eigenvalue weighted by Gasteiger charge is -2.15. The van der Waals surface area contributed by atoms with Gasteiger partial charge < -0.3 is 4.57 Å². The van der Waals surface area contributed by atoms with Gasteiger partial charge >= 0.3 is 6.03 Å². The number of aromatic nitrogens is 1. The van der Waals surface area contributed by atoms with E-state index < -0.39 is 17.8 Å². The van der Waals surface area contributed by atoms with Gasteiger partial charge in [0.25, 0.3) is 11.5 Å². The van der Waals surface area contributed by atoms with Crippen molar-refractivity contribution in [3.8, 4) is 0 Å². The first-order chi connectivity index (χ1) is 11.9. The van der Waals surface area contributed by atoms with Crippen molar-refractivity contribution in [1.29, 1.82) is 0 Å². The van der Waals surface area contributed by atoms with E-state index in [-0.39, 0.29) is 24.2 Å². The molecular formula is C16H13ClN4O4. The van der Waals surface area contributed by atoms with Crippen LogP contribution in [0.5, 0.6) is 0 Å². The van der Waals surface area contributed by atoms with Crippen LogP contribution in [0.15, 0.2) is 47.4 Å². The van der Waals surface area contributed by atoms with Crippen molar-refractivity contribution in [2.75, 3.05) is 6.54 Å². The van der Waals surface area contributed by atoms with Gasteiger partial charge in [-0.1, -0.05) is 29.8 Å². The number of benzene rings is 1. The number of imide groups is 1. The summed E-state index contributed by atoms with van der Waals surface area (Å²) in [6, 6.07) is 8.95. The Kier molecular flexibility index (Phi) is 4.53. The topological polar surface area (TPSA) is 101 Å². The van der Waals surface area contributed by atoms with Crippen molar-refractivity contribution in [3.05, 3.63) is 69.1 Å². The fourth-order valence-corrected chi connectivity index (χ4v) is 2.51. The highest BCUT2D eigenvalue weighted by Crippen LogP contribution is 2.15. The Morgan fingerprint density at radius 2 is 1.92 bits per heavy atom. The van der Waals surface area contributed by atoms with E-state index in [0.29, 0.717) is 5.02 Å². The van der Waals surface area contributed by atoms with Crippen LogP contribution in [0.3, 0.4) is 0 Å². The van der Waals surface area contributed by atoms with E-state index in [1.807, 2.05) is 5.32 Å². The lowest BCUT2D eigenvalue weighted by atomic mass is 10.2. The van der Waals surface area contributed by atoms with E-state index >= 15 is 0 Å². The molecule has 25 heavy (non-hydrogen) atoms. The summed E-state index contributed by atoms with van der Waals surface area (Å²) in [7, 11) is 0. The van der Waals surface area contributed by atoms with E-state index in [1.165, 1.54) is 22.9 Å². The zero-order valence-corrected chi connectivity index (χ0v) is 13.6. The van der Waals surface area contributed by atoms with Gasteiger partial charge in [-0.3, -0.25) is 25.1 Å². The van der Waals surface area contributed by atoms with E-state index in [9.17, 15) is 19.2 Å². The molecule has 1 aliphatic heterocycles. The van der Waals surface area contributed by atoms with Gasteiger partial charge in [0.1, 0.15) is 6.54 Å². The molecule has 3 rings (SSSR count). The molecule has 2 heterocycles. The predicted octanol–water partition coefficient (Wildman–Crippen LogP) is 0.747. The summed E-state index contributed by atoms with van der Waals surface area (Å²) in [6.07, 6.45) is 1.37. The Morgan fingerprint density at radius 1 is 1.16 bits per heavy atom. The molecule has 0 radical (unpaired) electrons. The molecule has 9 heteroatoms. The normalized spacial score (nSPS) is 13.7. The molecule has 0 bridgehead atoms. The number of nitrogens with one attached hydrogen (secondary N) is 2. The molecular weight excluding hydrogens is 348 g/mol. The van der Waals surface area contributed by atoms with Crippen LogP contribution in [0, 0.1) is 0 Å². The third-order valence-corrected chi connectivity index (χ3v) is 3.94. The maximum absolute atomic E-state index is 12.3. The Hall–Kier alpha value is -3.13. The first kappa shape index (κ1) is 16.7. The molecule has 8 nitrogen and oxygen atoms in total. The number of hydrogen-bond acceptors (Lipinski definition) is 4. The van der Waals surface area contributed by atoms with Crippen molar-refractivity contribution in [2.24, 2.45) is 0 Å². The minimum Gasteiger partial charge on any atom is -0.310 e. The Labute approximate surface area is 147 Å². The molecule has 1 aromatic carbocycles. The van der Waals surface area contributed by atoms with Crippen LogP contribution in [0.1, 0.15) is 15.9 Å². The second-order valence-electron chi connectivity index (χ2n) is 5.36. The summed E-state index contributed by atoms with van der Waals surface area (Å²) in [4.78, 5) is 46.9. The van der Waals surface area contributed by atoms with Crippen LogP contribution in [0.25, 0.3) is 0 Å². The maximum atomic E-state index is 12.3. The molecule has 1 aromatic heterocycles. The number of pyridine rings is 1. The first-order valence-electron chi connectivity index (χ1n) is 7.30. The molecule has 1 saturated heterocycles. The minimum atomic E-state index is -0.706. The van der Waals surface area contributed by atoms with Gasteiger partial charge in [0.2, 0.25) is 5.91 Å². The Morgan fingerprint density at radius 3 is 2.60 bits per heavy atom. The lowest BCUT2D eigenvalue weighted by molar-refractivity contribution is -0.118. The average Bonchev–Trinajstić information content (AvgIpc) is 2.89. The summed E-state index contributed by atoms with van der Waals surface area (Å²) in [5.74, 6) is -1.12. The van der Waals surface area contributed by atoms with Gasteiger partial charge in [0, 0.05) is 17.3 Å². The Bertz CT molecular complexity index is 924. The summed E-state index contributed by atoms with van der Waals surface area (Å²) < 4.78 is 1.34. The number of amides is 4. The molecule has 0 saturated carbocycles. The van der Waals surface area contributed by atoms with Gasteiger partial charge in [-0.15, -0.1) is 0 Å². The molecule has 0 spiro atoms. The highest BCUT2D eigenvalue weighted by atomic mass is 35.5. The van der Waals surface area contributed by atoms with Crippen LogP contribution < -0.4 is 16.3 Å². The fourth-order valence-electron chi connectivity index (χ4n) is 2.32. The van der Waals surface area contributed by atoms with Gasteiger partial charge in [0.05, 0.1) is 12.1 Å². The van der Waals surface area contributed by atoms with Crippen molar-refractivity contribution < 1.29 is 14.4 Å². The smallest absolute Gasteiger partial charge is 0.310 e. The Balaban J connectivity index is 1.80. The first-order valence-corrected chi connectivity index (χ1v) is 7.68. The van der Waals surface area contributed by atoms with Gasteiger partial charge in [-0.2, -0.15) is 0 Å². The second kappa shape index (κ2) is 6.78. The molecule has 2 N–H and O–H groups in total. The van der Waals surface area contributed by atoms with Crippen molar-refractivity contribution in [2.45, 2.75) is 6.54 Å². The number of nitrogens with zero attached hydrogens (tertiary/aromatic N) is 2. The predicted molar refractivity (Wildman–Crippen MR) is 89.0 cm³/mol. The molecule has 0 unspecified atom stereocenters. The van der Waals surface area contributed by atoms with Gasteiger partial charge in [-0.05, 0) is 17.7 Å². The number of urea groups is 1. The van der Waals surface area contributed by atoms with E-state index in [2.05, 4.69) is 5.43 Å². The number of hydrogen-bond donors (Lipinski definition) is 2. The summed E-state index contributed by atoms with van der Waals surface area (Å²) >= 11 is 6.09. The van der Waals surface area contributed by atoms with E-state index in [0.717, 1.165) is 10.6 Å². The molecule has 0 atom stereocenters. The van der Waals surface area contributed by atoms with Crippen molar-refractivity contribution in [1.82, 2.24) is 20.3 Å².